The molecular weight excluding hydrogens is 534 g/mol. The van der Waals surface area contributed by atoms with Gasteiger partial charge in [-0.05, 0) is 58.5 Å². The molecule has 1 aromatic heterocycles. The van der Waals surface area contributed by atoms with Crippen molar-refractivity contribution in [3.63, 3.8) is 0 Å². The second kappa shape index (κ2) is 11.0. The van der Waals surface area contributed by atoms with Gasteiger partial charge in [-0.2, -0.15) is 0 Å². The van der Waals surface area contributed by atoms with Crippen LogP contribution < -0.4 is 15.5 Å². The van der Waals surface area contributed by atoms with Crippen LogP contribution in [0.3, 0.4) is 0 Å². The normalized spacial score (nSPS) is 25.9. The molecule has 4 heterocycles. The average molecular weight is 568 g/mol. The molecule has 0 saturated carbocycles. The highest BCUT2D eigenvalue weighted by Crippen LogP contribution is 2.45. The van der Waals surface area contributed by atoms with Gasteiger partial charge in [-0.15, -0.1) is 0 Å². The van der Waals surface area contributed by atoms with Crippen molar-refractivity contribution in [3.8, 4) is 22.8 Å². The summed E-state index contributed by atoms with van der Waals surface area (Å²) in [5, 5.41) is 15.0. The number of likely N-dealkylation sites (N-methyl/N-ethyl adjacent to an activating group) is 1. The number of phenols is 1. The number of amides is 1. The van der Waals surface area contributed by atoms with Gasteiger partial charge < -0.3 is 29.2 Å². The van der Waals surface area contributed by atoms with Gasteiger partial charge >= 0.3 is 6.09 Å². The number of aromatic hydroxyl groups is 1. The van der Waals surface area contributed by atoms with Gasteiger partial charge in [0.1, 0.15) is 34.5 Å². The Kier molecular flexibility index (Phi) is 7.48. The van der Waals surface area contributed by atoms with Crippen molar-refractivity contribution in [2.45, 2.75) is 56.9 Å². The Morgan fingerprint density at radius 3 is 2.75 bits per heavy atom. The average Bonchev–Trinajstić information content (AvgIpc) is 2.96. The minimum Gasteiger partial charge on any atom is -0.507 e. The zero-order valence-corrected chi connectivity index (χ0v) is 23.4. The summed E-state index contributed by atoms with van der Waals surface area (Å²) in [5.41, 5.74) is 0.876. The van der Waals surface area contributed by atoms with Crippen molar-refractivity contribution in [2.24, 2.45) is 0 Å². The largest absolute Gasteiger partial charge is 0.507 e. The number of carbonyl (C=O) groups is 1. The number of nitrogens with one attached hydrogen (secondary N) is 1. The number of likely N-dealkylation sites (tertiary alicyclic amines) is 1. The van der Waals surface area contributed by atoms with Gasteiger partial charge in [0.15, 0.2) is 5.43 Å². The number of halogens is 1. The van der Waals surface area contributed by atoms with Crippen molar-refractivity contribution in [1.29, 1.82) is 0 Å². The van der Waals surface area contributed by atoms with Gasteiger partial charge in [-0.25, -0.2) is 4.79 Å². The SMILES string of the molecule is CC1OC2CN(C)CCC2c2c(cc(O)c3c(=O)cc(-c4ccccc4Cl)oc23)OC(=O)N1CC1CCCCN1. The Labute approximate surface area is 237 Å². The van der Waals surface area contributed by atoms with Gasteiger partial charge in [0, 0.05) is 48.3 Å². The van der Waals surface area contributed by atoms with Crippen LogP contribution in [0, 0.1) is 0 Å². The molecule has 0 radical (unpaired) electrons. The summed E-state index contributed by atoms with van der Waals surface area (Å²) in [6.07, 6.45) is 2.42. The van der Waals surface area contributed by atoms with Crippen LogP contribution >= 0.6 is 11.6 Å². The lowest BCUT2D eigenvalue weighted by atomic mass is 9.85. The van der Waals surface area contributed by atoms with Crippen LogP contribution in [0.4, 0.5) is 4.79 Å². The molecule has 3 aliphatic heterocycles. The van der Waals surface area contributed by atoms with Gasteiger partial charge in [-0.3, -0.25) is 9.69 Å². The van der Waals surface area contributed by atoms with E-state index in [0.29, 0.717) is 35.7 Å². The number of nitrogens with zero attached hydrogens (tertiary/aromatic N) is 2. The Morgan fingerprint density at radius 2 is 1.98 bits per heavy atom. The minimum absolute atomic E-state index is 0.0406. The van der Waals surface area contributed by atoms with Crippen LogP contribution in [-0.4, -0.2) is 72.6 Å². The van der Waals surface area contributed by atoms with E-state index in [1.165, 1.54) is 12.1 Å². The highest BCUT2D eigenvalue weighted by Gasteiger charge is 2.40. The van der Waals surface area contributed by atoms with Crippen molar-refractivity contribution in [2.75, 3.05) is 33.2 Å². The van der Waals surface area contributed by atoms with Gasteiger partial charge in [-0.1, -0.05) is 30.2 Å². The Morgan fingerprint density at radius 1 is 1.15 bits per heavy atom. The number of benzene rings is 2. The van der Waals surface area contributed by atoms with Crippen LogP contribution in [0.2, 0.25) is 5.02 Å². The molecule has 3 aromatic rings. The summed E-state index contributed by atoms with van der Waals surface area (Å²) >= 11 is 6.45. The number of fused-ring (bicyclic) bond motifs is 5. The summed E-state index contributed by atoms with van der Waals surface area (Å²) in [7, 11) is 2.04. The fraction of sp³-hybridized carbons (Fsp3) is 0.467. The predicted octanol–water partition coefficient (Wildman–Crippen LogP) is 4.93. The van der Waals surface area contributed by atoms with Gasteiger partial charge in [0.25, 0.3) is 0 Å². The highest BCUT2D eigenvalue weighted by molar-refractivity contribution is 6.33. The van der Waals surface area contributed by atoms with Crippen molar-refractivity contribution >= 4 is 28.7 Å². The maximum absolute atomic E-state index is 13.7. The molecule has 2 aromatic carbocycles. The molecule has 6 rings (SSSR count). The third kappa shape index (κ3) is 5.07. The Hall–Kier alpha value is -3.11. The van der Waals surface area contributed by atoms with Crippen LogP contribution in [0.15, 0.2) is 45.6 Å². The van der Waals surface area contributed by atoms with Crippen molar-refractivity contribution in [3.05, 3.63) is 57.2 Å². The number of ether oxygens (including phenoxy) is 2. The standard InChI is InChI=1S/C30H34ClN3O6/c1-17-34(15-18-7-5-6-11-32-18)30(37)40-25-14-23(36)28-22(35)13-24(19-8-3-4-9-21(19)31)39-29(28)27(25)20-10-12-33(2)16-26(20)38-17/h3-4,8-9,13-14,17-18,20,26,32,36H,5-7,10-12,15-16H2,1-2H3. The smallest absolute Gasteiger partial charge is 0.417 e. The van der Waals surface area contributed by atoms with E-state index in [0.717, 1.165) is 32.4 Å². The number of piperidine rings is 2. The van der Waals surface area contributed by atoms with Crippen LogP contribution in [0.25, 0.3) is 22.3 Å². The van der Waals surface area contributed by atoms with E-state index in [-0.39, 0.29) is 46.3 Å². The van der Waals surface area contributed by atoms with Gasteiger partial charge in [0.2, 0.25) is 0 Å². The molecule has 0 bridgehead atoms. The molecule has 212 valence electrons. The molecule has 4 atom stereocenters. The third-order valence-corrected chi connectivity index (χ3v) is 8.66. The number of phenolic OH excluding ortho intramolecular Hbond substituents is 1. The fourth-order valence-corrected chi connectivity index (χ4v) is 6.48. The van der Waals surface area contributed by atoms with E-state index in [1.54, 1.807) is 23.1 Å². The first-order valence-corrected chi connectivity index (χ1v) is 14.3. The first-order valence-electron chi connectivity index (χ1n) is 13.9. The van der Waals surface area contributed by atoms with E-state index in [9.17, 15) is 14.7 Å². The van der Waals surface area contributed by atoms with Gasteiger partial charge in [0.05, 0.1) is 11.1 Å². The first-order chi connectivity index (χ1) is 19.3. The van der Waals surface area contributed by atoms with Crippen LogP contribution in [0.1, 0.15) is 44.1 Å². The molecule has 0 aliphatic carbocycles. The van der Waals surface area contributed by atoms with E-state index >= 15 is 0 Å². The summed E-state index contributed by atoms with van der Waals surface area (Å²) in [5.74, 6) is -0.111. The molecule has 2 saturated heterocycles. The minimum atomic E-state index is -0.573. The molecule has 2 N–H and O–H groups in total. The molecular formula is C30H34ClN3O6. The Bertz CT molecular complexity index is 1490. The molecule has 0 spiro atoms. The van der Waals surface area contributed by atoms with E-state index < -0.39 is 17.7 Å². The molecule has 2 fully saturated rings. The summed E-state index contributed by atoms with van der Waals surface area (Å²) in [6, 6.07) is 9.93. The first kappa shape index (κ1) is 27.1. The molecule has 4 unspecified atom stereocenters. The number of rotatable bonds is 3. The van der Waals surface area contributed by atoms with E-state index in [4.69, 9.17) is 25.5 Å². The topological polar surface area (TPSA) is 104 Å². The lowest BCUT2D eigenvalue weighted by Gasteiger charge is -2.39. The maximum atomic E-state index is 13.7. The summed E-state index contributed by atoms with van der Waals surface area (Å²) in [6.45, 7) is 4.62. The number of hydrogen-bond acceptors (Lipinski definition) is 8. The summed E-state index contributed by atoms with van der Waals surface area (Å²) < 4.78 is 19.0. The zero-order valence-electron chi connectivity index (χ0n) is 22.7. The lowest BCUT2D eigenvalue weighted by molar-refractivity contribution is -0.103. The molecule has 40 heavy (non-hydrogen) atoms. The molecule has 9 nitrogen and oxygen atoms in total. The van der Waals surface area contributed by atoms with Crippen molar-refractivity contribution in [1.82, 2.24) is 15.1 Å². The van der Waals surface area contributed by atoms with E-state index in [1.807, 2.05) is 20.0 Å². The number of carbonyl (C=O) groups excluding carboxylic acids is 1. The quantitative estimate of drug-likeness (QED) is 0.459. The second-order valence-corrected chi connectivity index (χ2v) is 11.5. The molecule has 10 heteroatoms. The van der Waals surface area contributed by atoms with E-state index in [2.05, 4.69) is 10.2 Å². The highest BCUT2D eigenvalue weighted by atomic mass is 35.5. The van der Waals surface area contributed by atoms with Crippen LogP contribution in [0.5, 0.6) is 11.5 Å². The lowest BCUT2D eigenvalue weighted by Crippen LogP contribution is -2.52. The van der Waals surface area contributed by atoms with Crippen LogP contribution in [-0.2, 0) is 4.74 Å². The third-order valence-electron chi connectivity index (χ3n) is 8.33. The molecule has 3 aliphatic rings. The Balaban J connectivity index is 1.52. The van der Waals surface area contributed by atoms with Crippen molar-refractivity contribution < 1.29 is 23.8 Å². The maximum Gasteiger partial charge on any atom is 0.417 e. The summed E-state index contributed by atoms with van der Waals surface area (Å²) in [4.78, 5) is 30.9. The zero-order chi connectivity index (χ0) is 28.0. The predicted molar refractivity (Wildman–Crippen MR) is 152 cm³/mol. The number of hydrogen-bond donors (Lipinski definition) is 2. The fourth-order valence-electron chi connectivity index (χ4n) is 6.25. The molecule has 1 amide bonds. The monoisotopic (exact) mass is 567 g/mol. The second-order valence-electron chi connectivity index (χ2n) is 11.1.